The van der Waals surface area contributed by atoms with Crippen LogP contribution in [-0.2, 0) is 6.54 Å². The molecule has 0 aliphatic rings. The Bertz CT molecular complexity index is 508. The summed E-state index contributed by atoms with van der Waals surface area (Å²) in [5, 5.41) is 8.04. The maximum absolute atomic E-state index is 5.38. The molecule has 17 heavy (non-hydrogen) atoms. The molecule has 0 fully saturated rings. The van der Waals surface area contributed by atoms with Gasteiger partial charge in [-0.2, -0.15) is 0 Å². The largest absolute Gasteiger partial charge is 0.493 e. The number of para-hydroxylation sites is 1. The van der Waals surface area contributed by atoms with Crippen LogP contribution >= 0.6 is 0 Å². The lowest BCUT2D eigenvalue weighted by Gasteiger charge is -2.12. The Labute approximate surface area is 100 Å². The van der Waals surface area contributed by atoms with Crippen LogP contribution in [0, 0.1) is 0 Å². The van der Waals surface area contributed by atoms with E-state index in [2.05, 4.69) is 10.2 Å². The average molecular weight is 233 g/mol. The number of hydrogen-bond donors (Lipinski definition) is 0. The molecular weight excluding hydrogens is 218 g/mol. The molecule has 5 nitrogen and oxygen atoms in total. The Kier molecular flexibility index (Phi) is 3.27. The molecule has 0 spiro atoms. The van der Waals surface area contributed by atoms with Gasteiger partial charge in [-0.05, 0) is 19.1 Å². The van der Waals surface area contributed by atoms with Crippen LogP contribution in [0.4, 0.5) is 0 Å². The summed E-state index contributed by atoms with van der Waals surface area (Å²) in [4.78, 5) is 0. The minimum Gasteiger partial charge on any atom is -0.493 e. The van der Waals surface area contributed by atoms with Crippen molar-refractivity contribution in [1.29, 1.82) is 0 Å². The SMILES string of the molecule is CCn1cnnc1-c1cccc(OC)c1OC. The topological polar surface area (TPSA) is 49.2 Å². The van der Waals surface area contributed by atoms with Crippen LogP contribution in [0.2, 0.25) is 0 Å². The van der Waals surface area contributed by atoms with Gasteiger partial charge in [0.15, 0.2) is 17.3 Å². The Morgan fingerprint density at radius 3 is 2.71 bits per heavy atom. The highest BCUT2D eigenvalue weighted by Crippen LogP contribution is 2.36. The molecule has 0 amide bonds. The lowest BCUT2D eigenvalue weighted by molar-refractivity contribution is 0.356. The predicted octanol–water partition coefficient (Wildman–Crippen LogP) is 1.98. The van der Waals surface area contributed by atoms with Gasteiger partial charge in [0.25, 0.3) is 0 Å². The van der Waals surface area contributed by atoms with Crippen molar-refractivity contribution in [2.75, 3.05) is 14.2 Å². The molecule has 0 aliphatic heterocycles. The van der Waals surface area contributed by atoms with Gasteiger partial charge in [0, 0.05) is 6.54 Å². The molecule has 0 N–H and O–H groups in total. The van der Waals surface area contributed by atoms with E-state index in [0.717, 1.165) is 17.9 Å². The van der Waals surface area contributed by atoms with Gasteiger partial charge in [-0.25, -0.2) is 0 Å². The molecule has 2 rings (SSSR count). The molecule has 2 aromatic rings. The highest BCUT2D eigenvalue weighted by Gasteiger charge is 2.15. The van der Waals surface area contributed by atoms with Crippen molar-refractivity contribution in [2.45, 2.75) is 13.5 Å². The molecule has 0 aliphatic carbocycles. The minimum absolute atomic E-state index is 0.678. The second-order valence-corrected chi connectivity index (χ2v) is 3.48. The minimum atomic E-state index is 0.678. The highest BCUT2D eigenvalue weighted by atomic mass is 16.5. The van der Waals surface area contributed by atoms with Crippen LogP contribution in [0.1, 0.15) is 6.92 Å². The lowest BCUT2D eigenvalue weighted by Crippen LogP contribution is -1.99. The van der Waals surface area contributed by atoms with Crippen LogP contribution in [0.15, 0.2) is 24.5 Å². The zero-order valence-corrected chi connectivity index (χ0v) is 10.2. The molecule has 90 valence electrons. The van der Waals surface area contributed by atoms with E-state index in [0.29, 0.717) is 11.5 Å². The van der Waals surface area contributed by atoms with Crippen molar-refractivity contribution in [1.82, 2.24) is 14.8 Å². The fraction of sp³-hybridized carbons (Fsp3) is 0.333. The number of rotatable bonds is 4. The van der Waals surface area contributed by atoms with E-state index >= 15 is 0 Å². The van der Waals surface area contributed by atoms with Crippen molar-refractivity contribution in [3.8, 4) is 22.9 Å². The third kappa shape index (κ3) is 1.95. The number of hydrogen-bond acceptors (Lipinski definition) is 4. The fourth-order valence-corrected chi connectivity index (χ4v) is 1.76. The molecule has 0 saturated heterocycles. The first kappa shape index (κ1) is 11.4. The van der Waals surface area contributed by atoms with Crippen molar-refractivity contribution in [2.24, 2.45) is 0 Å². The van der Waals surface area contributed by atoms with Gasteiger partial charge in [-0.3, -0.25) is 0 Å². The zero-order valence-electron chi connectivity index (χ0n) is 10.2. The Balaban J connectivity index is 2.59. The van der Waals surface area contributed by atoms with E-state index in [1.807, 2.05) is 29.7 Å². The van der Waals surface area contributed by atoms with Crippen LogP contribution < -0.4 is 9.47 Å². The van der Waals surface area contributed by atoms with Crippen molar-refractivity contribution in [3.63, 3.8) is 0 Å². The van der Waals surface area contributed by atoms with Crippen LogP contribution in [-0.4, -0.2) is 29.0 Å². The molecule has 1 aromatic heterocycles. The standard InChI is InChI=1S/C12H15N3O2/c1-4-15-8-13-14-12(15)9-6-5-7-10(16-2)11(9)17-3/h5-8H,4H2,1-3H3. The van der Waals surface area contributed by atoms with Crippen molar-refractivity contribution >= 4 is 0 Å². The quantitative estimate of drug-likeness (QED) is 0.810. The number of aryl methyl sites for hydroxylation is 1. The molecular formula is C12H15N3O2. The molecule has 0 atom stereocenters. The summed E-state index contributed by atoms with van der Waals surface area (Å²) in [6, 6.07) is 5.71. The Morgan fingerprint density at radius 1 is 1.24 bits per heavy atom. The van der Waals surface area contributed by atoms with E-state index in [1.54, 1.807) is 20.5 Å². The second kappa shape index (κ2) is 4.86. The van der Waals surface area contributed by atoms with Crippen LogP contribution in [0.3, 0.4) is 0 Å². The molecule has 0 unspecified atom stereocenters. The number of benzene rings is 1. The van der Waals surface area contributed by atoms with Crippen LogP contribution in [0.25, 0.3) is 11.4 Å². The van der Waals surface area contributed by atoms with Gasteiger partial charge >= 0.3 is 0 Å². The Hall–Kier alpha value is -2.04. The monoisotopic (exact) mass is 233 g/mol. The van der Waals surface area contributed by atoms with Crippen molar-refractivity contribution in [3.05, 3.63) is 24.5 Å². The lowest BCUT2D eigenvalue weighted by atomic mass is 10.1. The zero-order chi connectivity index (χ0) is 12.3. The first-order valence-electron chi connectivity index (χ1n) is 5.41. The molecule has 0 saturated carbocycles. The number of methoxy groups -OCH3 is 2. The third-order valence-corrected chi connectivity index (χ3v) is 2.60. The number of ether oxygens (including phenoxy) is 2. The fourth-order valence-electron chi connectivity index (χ4n) is 1.76. The molecule has 5 heteroatoms. The summed E-state index contributed by atoms with van der Waals surface area (Å²) < 4.78 is 12.6. The number of aromatic nitrogens is 3. The average Bonchev–Trinajstić information content (AvgIpc) is 2.85. The van der Waals surface area contributed by atoms with Gasteiger partial charge < -0.3 is 14.0 Å². The molecule has 1 heterocycles. The van der Waals surface area contributed by atoms with E-state index < -0.39 is 0 Å². The smallest absolute Gasteiger partial charge is 0.171 e. The maximum Gasteiger partial charge on any atom is 0.171 e. The van der Waals surface area contributed by atoms with E-state index in [4.69, 9.17) is 9.47 Å². The van der Waals surface area contributed by atoms with E-state index in [-0.39, 0.29) is 0 Å². The van der Waals surface area contributed by atoms with Crippen LogP contribution in [0.5, 0.6) is 11.5 Å². The summed E-state index contributed by atoms with van der Waals surface area (Å²) in [6.45, 7) is 2.85. The van der Waals surface area contributed by atoms with Gasteiger partial charge in [0.2, 0.25) is 0 Å². The Morgan fingerprint density at radius 2 is 2.06 bits per heavy atom. The summed E-state index contributed by atoms with van der Waals surface area (Å²) in [5.74, 6) is 2.15. The summed E-state index contributed by atoms with van der Waals surface area (Å²) in [7, 11) is 3.24. The normalized spacial score (nSPS) is 10.3. The van der Waals surface area contributed by atoms with Gasteiger partial charge in [-0.15, -0.1) is 10.2 Å². The van der Waals surface area contributed by atoms with Gasteiger partial charge in [0.05, 0.1) is 19.8 Å². The third-order valence-electron chi connectivity index (χ3n) is 2.60. The second-order valence-electron chi connectivity index (χ2n) is 3.48. The first-order valence-corrected chi connectivity index (χ1v) is 5.41. The summed E-state index contributed by atoms with van der Waals surface area (Å²) in [5.41, 5.74) is 0.881. The van der Waals surface area contributed by atoms with E-state index in [1.165, 1.54) is 0 Å². The molecule has 1 aromatic carbocycles. The molecule has 0 bridgehead atoms. The summed E-state index contributed by atoms with van der Waals surface area (Å²) >= 11 is 0. The summed E-state index contributed by atoms with van der Waals surface area (Å²) in [6.07, 6.45) is 1.70. The maximum atomic E-state index is 5.38. The number of nitrogens with zero attached hydrogens (tertiary/aromatic N) is 3. The van der Waals surface area contributed by atoms with E-state index in [9.17, 15) is 0 Å². The molecule has 0 radical (unpaired) electrons. The first-order chi connectivity index (χ1) is 8.31. The van der Waals surface area contributed by atoms with Gasteiger partial charge in [-0.1, -0.05) is 6.07 Å². The highest BCUT2D eigenvalue weighted by molar-refractivity contribution is 5.68. The van der Waals surface area contributed by atoms with Gasteiger partial charge in [0.1, 0.15) is 6.33 Å². The predicted molar refractivity (Wildman–Crippen MR) is 64.2 cm³/mol. The van der Waals surface area contributed by atoms with Crippen molar-refractivity contribution < 1.29 is 9.47 Å².